The first-order valence-electron chi connectivity index (χ1n) is 7.62. The van der Waals surface area contributed by atoms with Gasteiger partial charge in [0.25, 0.3) is 11.2 Å². The number of nitrogens with one attached hydrogen (secondary N) is 1. The maximum atomic E-state index is 12.2. The Kier molecular flexibility index (Phi) is 4.82. The summed E-state index contributed by atoms with van der Waals surface area (Å²) in [6, 6.07) is 4.21. The van der Waals surface area contributed by atoms with Crippen LogP contribution >= 0.6 is 11.6 Å². The van der Waals surface area contributed by atoms with Gasteiger partial charge in [-0.05, 0) is 11.6 Å². The Hall–Kier alpha value is -2.30. The molecule has 0 bridgehead atoms. The minimum Gasteiger partial charge on any atom is -0.297 e. The third-order valence-electron chi connectivity index (χ3n) is 4.11. The van der Waals surface area contributed by atoms with Crippen molar-refractivity contribution in [3.05, 3.63) is 60.5 Å². The lowest BCUT2D eigenvalue weighted by Gasteiger charge is -2.27. The van der Waals surface area contributed by atoms with Crippen LogP contribution in [0.25, 0.3) is 0 Å². The largest absolute Gasteiger partial charge is 0.297 e. The number of rotatable bonds is 4. The molecule has 1 aromatic carbocycles. The first-order valence-corrected chi connectivity index (χ1v) is 9.89. The number of halogens is 1. The summed E-state index contributed by atoms with van der Waals surface area (Å²) in [5.41, 5.74) is 0.881. The molecule has 1 aliphatic heterocycles. The topological polar surface area (TPSA) is 126 Å². The highest BCUT2D eigenvalue weighted by Crippen LogP contribution is 2.25. The van der Waals surface area contributed by atoms with Crippen LogP contribution in [0, 0.1) is 10.1 Å². The number of benzene rings is 1. The molecule has 9 nitrogen and oxygen atoms in total. The van der Waals surface area contributed by atoms with Gasteiger partial charge < -0.3 is 0 Å². The van der Waals surface area contributed by atoms with E-state index in [1.54, 1.807) is 0 Å². The van der Waals surface area contributed by atoms with Gasteiger partial charge in [0, 0.05) is 49.5 Å². The van der Waals surface area contributed by atoms with E-state index in [0.717, 1.165) is 6.26 Å². The molecular weight excluding hydrogens is 384 g/mol. The minimum absolute atomic E-state index is 0.0564. The smallest absolute Gasteiger partial charge is 0.269 e. The summed E-state index contributed by atoms with van der Waals surface area (Å²) >= 11 is 6.13. The molecule has 1 aromatic heterocycles. The Morgan fingerprint density at radius 2 is 2.15 bits per heavy atom. The Morgan fingerprint density at radius 3 is 2.81 bits per heavy atom. The zero-order valence-electron chi connectivity index (χ0n) is 13.7. The minimum atomic E-state index is -3.60. The number of sulfone groups is 1. The fraction of sp³-hybridized carbons (Fsp3) is 0.333. The number of aromatic amines is 1. The fourth-order valence-corrected chi connectivity index (χ4v) is 3.54. The molecule has 3 rings (SSSR count). The summed E-state index contributed by atoms with van der Waals surface area (Å²) in [5.74, 6) is 0. The van der Waals surface area contributed by atoms with Gasteiger partial charge in [0.15, 0.2) is 0 Å². The summed E-state index contributed by atoms with van der Waals surface area (Å²) in [6.45, 7) is 1.10. The molecule has 0 unspecified atom stereocenters. The highest BCUT2D eigenvalue weighted by atomic mass is 35.5. The lowest BCUT2D eigenvalue weighted by atomic mass is 10.1. The number of non-ortho nitro benzene ring substituents is 1. The van der Waals surface area contributed by atoms with E-state index in [-0.39, 0.29) is 17.4 Å². The van der Waals surface area contributed by atoms with Crippen LogP contribution in [0.15, 0.2) is 28.2 Å². The molecule has 2 aromatic rings. The molecule has 11 heteroatoms. The summed E-state index contributed by atoms with van der Waals surface area (Å²) < 4.78 is 23.2. The monoisotopic (exact) mass is 398 g/mol. The summed E-state index contributed by atoms with van der Waals surface area (Å²) in [6.07, 6.45) is 1.38. The molecular formula is C15H15ClN4O5S. The first kappa shape index (κ1) is 18.5. The quantitative estimate of drug-likeness (QED) is 0.467. The molecule has 1 aliphatic rings. The Balaban J connectivity index is 1.87. The number of hydrogen-bond donors (Lipinski definition) is 1. The maximum absolute atomic E-state index is 12.2. The van der Waals surface area contributed by atoms with Crippen LogP contribution in [-0.2, 0) is 29.3 Å². The number of nitro benzene ring substituents is 1. The highest BCUT2D eigenvalue weighted by molar-refractivity contribution is 7.90. The number of hydrogen-bond acceptors (Lipinski definition) is 7. The molecule has 0 saturated carbocycles. The second-order valence-corrected chi connectivity index (χ2v) is 8.40. The van der Waals surface area contributed by atoms with Gasteiger partial charge in [-0.3, -0.25) is 24.8 Å². The molecule has 0 spiro atoms. The van der Waals surface area contributed by atoms with Gasteiger partial charge in [-0.2, -0.15) is 0 Å². The van der Waals surface area contributed by atoms with E-state index in [2.05, 4.69) is 9.97 Å². The Morgan fingerprint density at radius 1 is 1.42 bits per heavy atom. The van der Waals surface area contributed by atoms with Crippen molar-refractivity contribution in [2.45, 2.75) is 24.7 Å². The zero-order valence-corrected chi connectivity index (χ0v) is 15.3. The Labute approximate surface area is 153 Å². The molecule has 1 N–H and O–H groups in total. The molecule has 0 radical (unpaired) electrons. The van der Waals surface area contributed by atoms with Crippen LogP contribution < -0.4 is 5.56 Å². The second kappa shape index (κ2) is 6.78. The normalized spacial score (nSPS) is 14.8. The zero-order chi connectivity index (χ0) is 19.1. The van der Waals surface area contributed by atoms with Crippen LogP contribution in [0.5, 0.6) is 0 Å². The number of aromatic nitrogens is 2. The Bertz CT molecular complexity index is 1050. The number of fused-ring (bicyclic) bond motifs is 1. The van der Waals surface area contributed by atoms with Gasteiger partial charge >= 0.3 is 0 Å². The molecule has 26 heavy (non-hydrogen) atoms. The van der Waals surface area contributed by atoms with Crippen molar-refractivity contribution < 1.29 is 13.3 Å². The third kappa shape index (κ3) is 3.76. The molecule has 0 atom stereocenters. The van der Waals surface area contributed by atoms with Gasteiger partial charge in [-0.1, -0.05) is 11.6 Å². The first-order chi connectivity index (χ1) is 12.1. The van der Waals surface area contributed by atoms with Crippen molar-refractivity contribution in [3.63, 3.8) is 0 Å². The predicted octanol–water partition coefficient (Wildman–Crippen LogP) is 1.29. The van der Waals surface area contributed by atoms with Gasteiger partial charge in [0.1, 0.15) is 0 Å². The van der Waals surface area contributed by atoms with Crippen molar-refractivity contribution in [2.75, 3.05) is 12.8 Å². The predicted molar refractivity (Wildman–Crippen MR) is 93.9 cm³/mol. The summed E-state index contributed by atoms with van der Waals surface area (Å²) in [7, 11) is -3.60. The van der Waals surface area contributed by atoms with E-state index in [9.17, 15) is 23.3 Å². The SMILES string of the molecule is CS(=O)(=O)c1nc2c(c(=O)[nH]1)CN(Cc1cc([N+](=O)[O-])ccc1Cl)CC2. The number of nitrogens with zero attached hydrogens (tertiary/aromatic N) is 3. The molecule has 0 saturated heterocycles. The lowest BCUT2D eigenvalue weighted by molar-refractivity contribution is -0.384. The van der Waals surface area contributed by atoms with Crippen molar-refractivity contribution >= 4 is 27.1 Å². The fourth-order valence-electron chi connectivity index (χ4n) is 2.81. The maximum Gasteiger partial charge on any atom is 0.269 e. The van der Waals surface area contributed by atoms with Crippen molar-refractivity contribution in [1.82, 2.24) is 14.9 Å². The van der Waals surface area contributed by atoms with E-state index in [1.165, 1.54) is 18.2 Å². The number of nitro groups is 1. The average Bonchev–Trinajstić information content (AvgIpc) is 2.56. The van der Waals surface area contributed by atoms with Gasteiger partial charge in [-0.25, -0.2) is 13.4 Å². The van der Waals surface area contributed by atoms with Crippen molar-refractivity contribution in [2.24, 2.45) is 0 Å². The highest BCUT2D eigenvalue weighted by Gasteiger charge is 2.24. The molecule has 138 valence electrons. The summed E-state index contributed by atoms with van der Waals surface area (Å²) in [4.78, 5) is 30.9. The van der Waals surface area contributed by atoms with E-state index >= 15 is 0 Å². The third-order valence-corrected chi connectivity index (χ3v) is 5.38. The van der Waals surface area contributed by atoms with Crippen molar-refractivity contribution in [3.8, 4) is 0 Å². The van der Waals surface area contributed by atoms with Gasteiger partial charge in [0.05, 0.1) is 16.2 Å². The van der Waals surface area contributed by atoms with E-state index in [0.29, 0.717) is 41.4 Å². The van der Waals surface area contributed by atoms with Crippen LogP contribution in [0.2, 0.25) is 5.02 Å². The van der Waals surface area contributed by atoms with Crippen LogP contribution in [0.3, 0.4) is 0 Å². The van der Waals surface area contributed by atoms with Crippen LogP contribution in [0.4, 0.5) is 5.69 Å². The standard InChI is InChI=1S/C15H15ClN4O5S/c1-26(24,25)15-17-13-4-5-19(8-11(13)14(21)18-15)7-9-6-10(20(22)23)2-3-12(9)16/h2-3,6H,4-5,7-8H2,1H3,(H,17,18,21). The second-order valence-electron chi connectivity index (χ2n) is 6.06. The summed E-state index contributed by atoms with van der Waals surface area (Å²) in [5, 5.41) is 11.0. The average molecular weight is 399 g/mol. The number of H-pyrrole nitrogens is 1. The van der Waals surface area contributed by atoms with Gasteiger partial charge in [-0.15, -0.1) is 0 Å². The van der Waals surface area contributed by atoms with E-state index in [4.69, 9.17) is 11.6 Å². The molecule has 0 amide bonds. The molecule has 0 aliphatic carbocycles. The van der Waals surface area contributed by atoms with Crippen LogP contribution in [0.1, 0.15) is 16.8 Å². The van der Waals surface area contributed by atoms with Crippen LogP contribution in [-0.4, -0.2) is 41.0 Å². The molecule has 0 fully saturated rings. The lowest BCUT2D eigenvalue weighted by Crippen LogP contribution is -2.36. The van der Waals surface area contributed by atoms with Gasteiger partial charge in [0.2, 0.25) is 15.0 Å². The molecule has 2 heterocycles. The van der Waals surface area contributed by atoms with E-state index in [1.807, 2.05) is 4.90 Å². The van der Waals surface area contributed by atoms with Crippen molar-refractivity contribution in [1.29, 1.82) is 0 Å². The van der Waals surface area contributed by atoms with E-state index < -0.39 is 20.3 Å².